The minimum absolute atomic E-state index is 0.407. The van der Waals surface area contributed by atoms with E-state index in [-0.39, 0.29) is 0 Å². The van der Waals surface area contributed by atoms with E-state index in [1.54, 1.807) is 48.5 Å². The van der Waals surface area contributed by atoms with Gasteiger partial charge in [0.25, 0.3) is 0 Å². The lowest BCUT2D eigenvalue weighted by Gasteiger charge is -2.42. The summed E-state index contributed by atoms with van der Waals surface area (Å²) in [5.41, 5.74) is -0.0948. The maximum atomic E-state index is 11.5. The molecule has 0 spiro atoms. The van der Waals surface area contributed by atoms with Gasteiger partial charge in [-0.1, -0.05) is 12.1 Å². The maximum Gasteiger partial charge on any atom is 0.494 e. The largest absolute Gasteiger partial charge is 0.497 e. The van der Waals surface area contributed by atoms with E-state index < -0.39 is 105 Å². The van der Waals surface area contributed by atoms with Crippen LogP contribution in [0.1, 0.15) is 41.5 Å². The Morgan fingerprint density at radius 3 is 1.36 bits per heavy atom. The lowest BCUT2D eigenvalue weighted by atomic mass is 9.79. The third-order valence-corrected chi connectivity index (χ3v) is 9.47. The highest BCUT2D eigenvalue weighted by atomic mass is 16.7. The molecule has 3 heterocycles. The van der Waals surface area contributed by atoms with Crippen LogP contribution in [0.5, 0.6) is 17.2 Å². The third-order valence-electron chi connectivity index (χ3n) is 9.47. The van der Waals surface area contributed by atoms with Crippen LogP contribution in [0.25, 0.3) is 0 Å². The van der Waals surface area contributed by atoms with Crippen molar-refractivity contribution in [2.24, 2.45) is 0 Å². The number of carbonyl (C=O) groups is 2. The lowest BCUT2D eigenvalue weighted by Crippen LogP contribution is -2.65. The number of ether oxygens (including phenoxy) is 5. The Hall–Kier alpha value is -3.56. The summed E-state index contributed by atoms with van der Waals surface area (Å²) in [6.45, 7) is 9.47. The van der Waals surface area contributed by atoms with Crippen LogP contribution in [0, 0.1) is 0 Å². The third kappa shape index (κ3) is 10.2. The van der Waals surface area contributed by atoms with E-state index in [0.717, 1.165) is 5.46 Å². The van der Waals surface area contributed by atoms with E-state index in [1.807, 2.05) is 27.7 Å². The molecule has 0 radical (unpaired) electrons. The fourth-order valence-electron chi connectivity index (χ4n) is 5.75. The zero-order valence-electron chi connectivity index (χ0n) is 30.7. The highest BCUT2D eigenvalue weighted by Gasteiger charge is 2.52. The predicted octanol–water partition coefficient (Wildman–Crippen LogP) is -1.67. The summed E-state index contributed by atoms with van der Waals surface area (Å²) in [6, 6.07) is 11.6. The van der Waals surface area contributed by atoms with Crippen LogP contribution in [0.2, 0.25) is 0 Å². The maximum absolute atomic E-state index is 11.5. The van der Waals surface area contributed by atoms with Crippen molar-refractivity contribution in [3.8, 4) is 17.2 Å². The molecule has 0 bridgehead atoms. The molecule has 3 aliphatic heterocycles. The Balaban J connectivity index is 0.000000245. The molecule has 2 aromatic carbocycles. The molecule has 0 aliphatic carbocycles. The Morgan fingerprint density at radius 1 is 0.660 bits per heavy atom. The van der Waals surface area contributed by atoms with Gasteiger partial charge < -0.3 is 74.3 Å². The number of carbonyl (C=O) groups excluding carboxylic acids is 2. The highest BCUT2D eigenvalue weighted by Crippen LogP contribution is 2.36. The van der Waals surface area contributed by atoms with Crippen molar-refractivity contribution in [1.82, 2.24) is 10.6 Å². The van der Waals surface area contributed by atoms with Gasteiger partial charge in [-0.2, -0.15) is 0 Å². The van der Waals surface area contributed by atoms with Crippen molar-refractivity contribution < 1.29 is 73.2 Å². The molecular formula is C35H51BN2O15. The number of aliphatic hydroxyl groups is 6. The fraction of sp³-hybridized carbons (Fsp3) is 0.600. The van der Waals surface area contributed by atoms with Crippen molar-refractivity contribution in [3.05, 3.63) is 48.5 Å². The summed E-state index contributed by atoms with van der Waals surface area (Å²) in [5.74, 6) is 0.656. The molecule has 8 N–H and O–H groups in total. The Labute approximate surface area is 308 Å². The van der Waals surface area contributed by atoms with Crippen molar-refractivity contribution in [2.45, 2.75) is 114 Å². The highest BCUT2D eigenvalue weighted by molar-refractivity contribution is 6.62. The second-order valence-corrected chi connectivity index (χ2v) is 13.9. The minimum Gasteiger partial charge on any atom is -0.497 e. The summed E-state index contributed by atoms with van der Waals surface area (Å²) in [5, 5.41) is 64.2. The number of hydrogen-bond donors (Lipinski definition) is 8. The first-order valence-electron chi connectivity index (χ1n) is 17.1. The molecule has 3 saturated heterocycles. The standard InChI is InChI=1S/C20H30BNO8.C15H21NO7/c1-11(24)22-15-17(26)16(25)14(10-23)28-18(15)27-13-8-6-12(7-9-13)21-29-19(2,3)20(4,5)30-21;1-8(18)16-12-14(20)13(19)11(7-17)23-15(12)22-10-5-3-9(21-2)4-6-10/h6-9,14-18,23,25-26H,10H2,1-5H3,(H,22,24);3-6,11-15,17,19-20H,7H2,1-2H3,(H,16,18)/t;11?,12-,13?,14?,15?/m.0/s1. The SMILES string of the molecule is CC(=O)NC1C(Oc2ccc(B3OC(C)(C)C(C)(C)O3)cc2)OC(CO)C(O)C1O.COc1ccc(OC2OC(CO)C(O)C(O)[C@@H]2NC(C)=O)cc1. The smallest absolute Gasteiger partial charge is 0.494 e. The number of hydrogen-bond acceptors (Lipinski definition) is 15. The zero-order valence-corrected chi connectivity index (χ0v) is 30.7. The van der Waals surface area contributed by atoms with E-state index in [2.05, 4.69) is 10.6 Å². The number of nitrogens with one attached hydrogen (secondary N) is 2. The molecule has 2 aromatic rings. The molecule has 0 aromatic heterocycles. The van der Waals surface area contributed by atoms with Gasteiger partial charge in [0.15, 0.2) is 0 Å². The Kier molecular flexibility index (Phi) is 14.1. The summed E-state index contributed by atoms with van der Waals surface area (Å²) in [7, 11) is 1.02. The normalized spacial score (nSPS) is 31.8. The number of amides is 2. The molecule has 9 unspecified atom stereocenters. The van der Waals surface area contributed by atoms with Gasteiger partial charge in [0.05, 0.1) is 31.5 Å². The van der Waals surface area contributed by atoms with E-state index in [9.17, 15) is 40.2 Å². The molecular weight excluding hydrogens is 699 g/mol. The zero-order chi connectivity index (χ0) is 39.2. The van der Waals surface area contributed by atoms with Crippen LogP contribution in [-0.4, -0.2) is 142 Å². The summed E-state index contributed by atoms with van der Waals surface area (Å²) < 4.78 is 39.6. The molecule has 17 nitrogen and oxygen atoms in total. The molecule has 2 amide bonds. The molecule has 18 heteroatoms. The second-order valence-electron chi connectivity index (χ2n) is 13.9. The number of aliphatic hydroxyl groups excluding tert-OH is 6. The van der Waals surface area contributed by atoms with Crippen molar-refractivity contribution in [3.63, 3.8) is 0 Å². The predicted molar refractivity (Wildman–Crippen MR) is 187 cm³/mol. The summed E-state index contributed by atoms with van der Waals surface area (Å²) >= 11 is 0. The van der Waals surface area contributed by atoms with Gasteiger partial charge in [-0.25, -0.2) is 0 Å². The Morgan fingerprint density at radius 2 is 1.02 bits per heavy atom. The van der Waals surface area contributed by atoms with Crippen molar-refractivity contribution in [2.75, 3.05) is 20.3 Å². The second kappa shape index (κ2) is 17.7. The average molecular weight is 751 g/mol. The number of methoxy groups -OCH3 is 1. The van der Waals surface area contributed by atoms with Gasteiger partial charge in [-0.15, -0.1) is 0 Å². The first kappa shape index (κ1) is 42.2. The van der Waals surface area contributed by atoms with Gasteiger partial charge >= 0.3 is 7.12 Å². The molecule has 294 valence electrons. The Bertz CT molecular complexity index is 1480. The molecule has 3 aliphatic rings. The summed E-state index contributed by atoms with van der Waals surface area (Å²) in [4.78, 5) is 22.8. The van der Waals surface area contributed by atoms with E-state index in [0.29, 0.717) is 17.2 Å². The molecule has 0 saturated carbocycles. The van der Waals surface area contributed by atoms with Crippen molar-refractivity contribution >= 4 is 24.4 Å². The van der Waals surface area contributed by atoms with E-state index in [1.165, 1.54) is 21.0 Å². The van der Waals surface area contributed by atoms with Crippen LogP contribution < -0.4 is 30.3 Å². The summed E-state index contributed by atoms with van der Waals surface area (Å²) in [6.07, 6.45) is -9.64. The van der Waals surface area contributed by atoms with Crippen LogP contribution in [0.15, 0.2) is 48.5 Å². The van der Waals surface area contributed by atoms with Gasteiger partial charge in [0.1, 0.15) is 66.0 Å². The molecule has 5 rings (SSSR count). The van der Waals surface area contributed by atoms with Crippen LogP contribution in [0.3, 0.4) is 0 Å². The topological polar surface area (TPSA) is 244 Å². The fourth-order valence-corrected chi connectivity index (χ4v) is 5.75. The molecule has 10 atom stereocenters. The molecule has 53 heavy (non-hydrogen) atoms. The van der Waals surface area contributed by atoms with E-state index in [4.69, 9.17) is 33.0 Å². The number of benzene rings is 2. The number of rotatable bonds is 10. The van der Waals surface area contributed by atoms with Gasteiger partial charge in [-0.05, 0) is 69.6 Å². The van der Waals surface area contributed by atoms with Crippen molar-refractivity contribution in [1.29, 1.82) is 0 Å². The first-order valence-corrected chi connectivity index (χ1v) is 17.1. The average Bonchev–Trinajstić information content (AvgIpc) is 3.34. The first-order chi connectivity index (χ1) is 24.9. The van der Waals surface area contributed by atoms with E-state index >= 15 is 0 Å². The van der Waals surface area contributed by atoms with Crippen LogP contribution >= 0.6 is 0 Å². The minimum atomic E-state index is -1.37. The lowest BCUT2D eigenvalue weighted by molar-refractivity contribution is -0.244. The quantitative estimate of drug-likeness (QED) is 0.127. The van der Waals surface area contributed by atoms with Crippen LogP contribution in [0.4, 0.5) is 0 Å². The van der Waals surface area contributed by atoms with Gasteiger partial charge in [0.2, 0.25) is 24.4 Å². The monoisotopic (exact) mass is 750 g/mol. The van der Waals surface area contributed by atoms with Crippen LogP contribution in [-0.2, 0) is 28.4 Å². The van der Waals surface area contributed by atoms with Gasteiger partial charge in [-0.3, -0.25) is 9.59 Å². The van der Waals surface area contributed by atoms with Gasteiger partial charge in [0, 0.05) is 13.8 Å². The molecule has 3 fully saturated rings.